The molecule has 0 aliphatic carbocycles. The van der Waals surface area contributed by atoms with E-state index in [0.29, 0.717) is 17.6 Å². The van der Waals surface area contributed by atoms with Gasteiger partial charge in [-0.25, -0.2) is 0 Å². The summed E-state index contributed by atoms with van der Waals surface area (Å²) in [4.78, 5) is 0. The highest BCUT2D eigenvalue weighted by molar-refractivity contribution is 6.31. The molecule has 0 radical (unpaired) electrons. The lowest BCUT2D eigenvalue weighted by Crippen LogP contribution is -2.22. The van der Waals surface area contributed by atoms with E-state index in [0.717, 1.165) is 23.6 Å². The summed E-state index contributed by atoms with van der Waals surface area (Å²) in [5, 5.41) is 8.38. The van der Waals surface area contributed by atoms with Gasteiger partial charge in [0, 0.05) is 24.3 Å². The maximum Gasteiger partial charge on any atom is 0.129 e. The number of aryl methyl sites for hydroxylation is 1. The van der Waals surface area contributed by atoms with E-state index < -0.39 is 0 Å². The molecule has 98 valence electrons. The van der Waals surface area contributed by atoms with Crippen molar-refractivity contribution in [2.75, 3.05) is 0 Å². The minimum atomic E-state index is 0.453. The molecule has 0 bridgehead atoms. The molecule has 0 amide bonds. The highest BCUT2D eigenvalue weighted by Crippen LogP contribution is 2.16. The number of rotatable bonds is 5. The van der Waals surface area contributed by atoms with Gasteiger partial charge in [-0.15, -0.1) is 0 Å². The summed E-state index contributed by atoms with van der Waals surface area (Å²) in [6, 6.07) is 2.44. The molecule has 0 atom stereocenters. The molecule has 0 saturated carbocycles. The van der Waals surface area contributed by atoms with Crippen LogP contribution in [-0.4, -0.2) is 15.8 Å². The molecule has 5 heteroatoms. The van der Waals surface area contributed by atoms with Crippen molar-refractivity contribution in [1.29, 1.82) is 0 Å². The summed E-state index contributed by atoms with van der Waals surface area (Å²) in [5.74, 6) is 0.919. The van der Waals surface area contributed by atoms with Crippen LogP contribution < -0.4 is 5.32 Å². The number of hydrogen-bond donors (Lipinski definition) is 1. The summed E-state index contributed by atoms with van der Waals surface area (Å²) >= 11 is 5.99. The van der Waals surface area contributed by atoms with Crippen LogP contribution in [0.25, 0.3) is 0 Å². The average Bonchev–Trinajstić information content (AvgIpc) is 2.85. The van der Waals surface area contributed by atoms with Crippen molar-refractivity contribution in [2.45, 2.75) is 39.9 Å². The molecule has 0 saturated heterocycles. The Balaban J connectivity index is 2.07. The second-order valence-electron chi connectivity index (χ2n) is 4.66. The van der Waals surface area contributed by atoms with Crippen LogP contribution in [0.5, 0.6) is 0 Å². The van der Waals surface area contributed by atoms with Gasteiger partial charge in [0.25, 0.3) is 0 Å². The molecule has 0 aromatic carbocycles. The molecule has 0 aliphatic heterocycles. The Kier molecular flexibility index (Phi) is 4.09. The van der Waals surface area contributed by atoms with Crippen LogP contribution in [0.2, 0.25) is 5.02 Å². The third kappa shape index (κ3) is 3.15. The lowest BCUT2D eigenvalue weighted by molar-refractivity contribution is 0.469. The van der Waals surface area contributed by atoms with E-state index >= 15 is 0 Å². The van der Waals surface area contributed by atoms with Crippen molar-refractivity contribution in [3.63, 3.8) is 0 Å². The molecule has 1 N–H and O–H groups in total. The Morgan fingerprint density at radius 3 is 2.89 bits per heavy atom. The Labute approximate surface area is 112 Å². The SMILES string of the molecule is Cc1nn(Cc2occc2CNC(C)C)cc1Cl. The quantitative estimate of drug-likeness (QED) is 0.906. The molecule has 0 fully saturated rings. The number of furan rings is 1. The fraction of sp³-hybridized carbons (Fsp3) is 0.462. The van der Waals surface area contributed by atoms with Crippen molar-refractivity contribution in [2.24, 2.45) is 0 Å². The van der Waals surface area contributed by atoms with Gasteiger partial charge >= 0.3 is 0 Å². The zero-order valence-electron chi connectivity index (χ0n) is 10.9. The first kappa shape index (κ1) is 13.2. The van der Waals surface area contributed by atoms with Gasteiger partial charge in [0.15, 0.2) is 0 Å². The maximum atomic E-state index is 5.99. The van der Waals surface area contributed by atoms with E-state index in [4.69, 9.17) is 16.0 Å². The standard InChI is InChI=1S/C13H18ClN3O/c1-9(2)15-6-11-4-5-18-13(11)8-17-7-12(14)10(3)16-17/h4-5,7,9,15H,6,8H2,1-3H3. The van der Waals surface area contributed by atoms with Gasteiger partial charge in [0.05, 0.1) is 23.5 Å². The van der Waals surface area contributed by atoms with Crippen LogP contribution in [0.4, 0.5) is 0 Å². The Hall–Kier alpha value is -1.26. The number of halogens is 1. The van der Waals surface area contributed by atoms with E-state index in [1.54, 1.807) is 10.9 Å². The van der Waals surface area contributed by atoms with Crippen LogP contribution in [0.1, 0.15) is 30.9 Å². The van der Waals surface area contributed by atoms with E-state index in [2.05, 4.69) is 24.3 Å². The summed E-state index contributed by atoms with van der Waals surface area (Å²) in [5.41, 5.74) is 2.00. The molecule has 4 nitrogen and oxygen atoms in total. The molecule has 18 heavy (non-hydrogen) atoms. The minimum absolute atomic E-state index is 0.453. The van der Waals surface area contributed by atoms with Crippen molar-refractivity contribution >= 4 is 11.6 Å². The first-order valence-electron chi connectivity index (χ1n) is 6.04. The first-order chi connectivity index (χ1) is 8.56. The molecule has 0 aliphatic rings. The maximum absolute atomic E-state index is 5.99. The number of aromatic nitrogens is 2. The second kappa shape index (κ2) is 5.59. The molecular weight excluding hydrogens is 250 g/mol. The third-order valence-corrected chi connectivity index (χ3v) is 3.10. The minimum Gasteiger partial charge on any atom is -0.467 e. The summed E-state index contributed by atoms with van der Waals surface area (Å²) in [6.07, 6.45) is 3.53. The van der Waals surface area contributed by atoms with Crippen molar-refractivity contribution in [1.82, 2.24) is 15.1 Å². The molecule has 0 unspecified atom stereocenters. The van der Waals surface area contributed by atoms with E-state index in [9.17, 15) is 0 Å². The molecule has 2 aromatic rings. The van der Waals surface area contributed by atoms with Gasteiger partial charge in [-0.05, 0) is 13.0 Å². The fourth-order valence-corrected chi connectivity index (χ4v) is 1.85. The zero-order valence-corrected chi connectivity index (χ0v) is 11.7. The Morgan fingerprint density at radius 1 is 1.50 bits per heavy atom. The number of hydrogen-bond acceptors (Lipinski definition) is 3. The number of nitrogens with zero attached hydrogens (tertiary/aromatic N) is 2. The number of nitrogens with one attached hydrogen (secondary N) is 1. The van der Waals surface area contributed by atoms with Gasteiger partial charge in [-0.3, -0.25) is 4.68 Å². The van der Waals surface area contributed by atoms with E-state index in [-0.39, 0.29) is 0 Å². The summed E-state index contributed by atoms with van der Waals surface area (Å²) in [6.45, 7) is 7.54. The highest BCUT2D eigenvalue weighted by atomic mass is 35.5. The van der Waals surface area contributed by atoms with Gasteiger partial charge in [0.1, 0.15) is 5.76 Å². The molecule has 0 spiro atoms. The summed E-state index contributed by atoms with van der Waals surface area (Å²) < 4.78 is 7.31. The zero-order chi connectivity index (χ0) is 13.1. The van der Waals surface area contributed by atoms with E-state index in [1.807, 2.05) is 19.2 Å². The van der Waals surface area contributed by atoms with Gasteiger partial charge in [-0.2, -0.15) is 5.10 Å². The van der Waals surface area contributed by atoms with Gasteiger partial charge in [-0.1, -0.05) is 25.4 Å². The van der Waals surface area contributed by atoms with Crippen molar-refractivity contribution in [3.05, 3.63) is 40.6 Å². The molecule has 2 rings (SSSR count). The lowest BCUT2D eigenvalue weighted by Gasteiger charge is -2.08. The van der Waals surface area contributed by atoms with Crippen molar-refractivity contribution in [3.8, 4) is 0 Å². The Morgan fingerprint density at radius 2 is 2.28 bits per heavy atom. The van der Waals surface area contributed by atoms with E-state index in [1.165, 1.54) is 0 Å². The Bertz CT molecular complexity index is 497. The second-order valence-corrected chi connectivity index (χ2v) is 5.07. The van der Waals surface area contributed by atoms with Crippen LogP contribution in [0.15, 0.2) is 22.9 Å². The van der Waals surface area contributed by atoms with Crippen LogP contribution in [0.3, 0.4) is 0 Å². The normalized spacial score (nSPS) is 11.4. The van der Waals surface area contributed by atoms with Crippen LogP contribution >= 0.6 is 11.6 Å². The molecule has 2 heterocycles. The highest BCUT2D eigenvalue weighted by Gasteiger charge is 2.09. The predicted molar refractivity (Wildman–Crippen MR) is 71.8 cm³/mol. The molecule has 2 aromatic heterocycles. The van der Waals surface area contributed by atoms with Crippen LogP contribution in [0, 0.1) is 6.92 Å². The van der Waals surface area contributed by atoms with Crippen molar-refractivity contribution < 1.29 is 4.42 Å². The fourth-order valence-electron chi connectivity index (χ4n) is 1.70. The average molecular weight is 268 g/mol. The third-order valence-electron chi connectivity index (χ3n) is 2.73. The monoisotopic (exact) mass is 267 g/mol. The largest absolute Gasteiger partial charge is 0.467 e. The van der Waals surface area contributed by atoms with Crippen LogP contribution in [-0.2, 0) is 13.1 Å². The summed E-state index contributed by atoms with van der Waals surface area (Å²) in [7, 11) is 0. The van der Waals surface area contributed by atoms with Gasteiger partial charge in [0.2, 0.25) is 0 Å². The smallest absolute Gasteiger partial charge is 0.129 e. The topological polar surface area (TPSA) is 43.0 Å². The molecular formula is C13H18ClN3O. The van der Waals surface area contributed by atoms with Gasteiger partial charge < -0.3 is 9.73 Å². The first-order valence-corrected chi connectivity index (χ1v) is 6.42. The lowest BCUT2D eigenvalue weighted by atomic mass is 10.2. The predicted octanol–water partition coefficient (Wildman–Crippen LogP) is 2.98.